The summed E-state index contributed by atoms with van der Waals surface area (Å²) in [6, 6.07) is 7.09. The molecule has 0 aliphatic heterocycles. The number of carbonyl (C=O) groups excluding carboxylic acids is 1. The van der Waals surface area contributed by atoms with E-state index < -0.39 is 0 Å². The van der Waals surface area contributed by atoms with E-state index in [4.69, 9.17) is 4.74 Å². The number of carbonyl (C=O) groups is 1. The van der Waals surface area contributed by atoms with Crippen LogP contribution in [-0.2, 0) is 0 Å². The Morgan fingerprint density at radius 3 is 2.70 bits per heavy atom. The molecule has 3 N–H and O–H groups in total. The van der Waals surface area contributed by atoms with Crippen LogP contribution in [0.25, 0.3) is 0 Å². The summed E-state index contributed by atoms with van der Waals surface area (Å²) in [6.07, 6.45) is 3.45. The Labute approximate surface area is 119 Å². The summed E-state index contributed by atoms with van der Waals surface area (Å²) in [7, 11) is 1.58. The largest absolute Gasteiger partial charge is 0.495 e. The summed E-state index contributed by atoms with van der Waals surface area (Å²) >= 11 is 0. The number of methoxy groups -OCH3 is 1. The fraction of sp³-hybridized carbons (Fsp3) is 0.533. The molecule has 5 nitrogen and oxygen atoms in total. The van der Waals surface area contributed by atoms with Crippen LogP contribution in [0, 0.1) is 5.92 Å². The van der Waals surface area contributed by atoms with E-state index in [9.17, 15) is 9.90 Å². The van der Waals surface area contributed by atoms with Gasteiger partial charge in [0.2, 0.25) is 0 Å². The van der Waals surface area contributed by atoms with Gasteiger partial charge in [0.1, 0.15) is 5.75 Å². The molecule has 1 aliphatic carbocycles. The molecule has 2 rings (SSSR count). The van der Waals surface area contributed by atoms with Crippen LogP contribution in [0.5, 0.6) is 5.75 Å². The lowest BCUT2D eigenvalue weighted by Crippen LogP contribution is -2.35. The number of aliphatic hydroxyl groups excluding tert-OH is 1. The molecule has 0 radical (unpaired) electrons. The van der Waals surface area contributed by atoms with Crippen molar-refractivity contribution < 1.29 is 14.6 Å². The number of rotatable bonds is 4. The molecule has 1 aromatic carbocycles. The first-order valence-corrected chi connectivity index (χ1v) is 7.05. The average Bonchev–Trinajstić information content (AvgIpc) is 2.47. The third-order valence-electron chi connectivity index (χ3n) is 3.72. The van der Waals surface area contributed by atoms with Gasteiger partial charge in [-0.1, -0.05) is 12.1 Å². The Bertz CT molecular complexity index is 442. The van der Waals surface area contributed by atoms with E-state index in [-0.39, 0.29) is 12.1 Å². The molecular formula is C15H22N2O3. The second-order valence-electron chi connectivity index (χ2n) is 5.21. The van der Waals surface area contributed by atoms with Crippen LogP contribution in [0.1, 0.15) is 25.7 Å². The van der Waals surface area contributed by atoms with Crippen LogP contribution in [0.3, 0.4) is 0 Å². The Kier molecular flexibility index (Phi) is 5.24. The predicted molar refractivity (Wildman–Crippen MR) is 78.0 cm³/mol. The molecule has 0 saturated heterocycles. The zero-order valence-corrected chi connectivity index (χ0v) is 11.8. The van der Waals surface area contributed by atoms with Crippen molar-refractivity contribution in [2.24, 2.45) is 5.92 Å². The normalized spacial score (nSPS) is 22.1. The van der Waals surface area contributed by atoms with Crippen LogP contribution >= 0.6 is 0 Å². The molecule has 0 unspecified atom stereocenters. The van der Waals surface area contributed by atoms with E-state index in [1.807, 2.05) is 12.1 Å². The predicted octanol–water partition coefficient (Wildman–Crippen LogP) is 2.37. The molecule has 2 amide bonds. The van der Waals surface area contributed by atoms with Crippen LogP contribution in [0.4, 0.5) is 10.5 Å². The zero-order valence-electron chi connectivity index (χ0n) is 11.8. The van der Waals surface area contributed by atoms with Crippen LogP contribution in [0.15, 0.2) is 24.3 Å². The molecule has 0 bridgehead atoms. The minimum absolute atomic E-state index is 0.159. The van der Waals surface area contributed by atoms with Crippen molar-refractivity contribution in [2.45, 2.75) is 31.8 Å². The van der Waals surface area contributed by atoms with Crippen LogP contribution in [0.2, 0.25) is 0 Å². The molecule has 0 aromatic heterocycles. The average molecular weight is 278 g/mol. The molecule has 110 valence electrons. The van der Waals surface area contributed by atoms with Gasteiger partial charge in [-0.05, 0) is 43.7 Å². The number of ether oxygens (including phenoxy) is 1. The lowest BCUT2D eigenvalue weighted by atomic mass is 9.87. The highest BCUT2D eigenvalue weighted by molar-refractivity contribution is 5.90. The van der Waals surface area contributed by atoms with Gasteiger partial charge >= 0.3 is 6.03 Å². The molecule has 1 aromatic rings. The number of para-hydroxylation sites is 2. The van der Waals surface area contributed by atoms with Gasteiger partial charge in [0.25, 0.3) is 0 Å². The Morgan fingerprint density at radius 2 is 2.00 bits per heavy atom. The fourth-order valence-corrected chi connectivity index (χ4v) is 2.50. The lowest BCUT2D eigenvalue weighted by Gasteiger charge is -2.25. The van der Waals surface area contributed by atoms with Crippen LogP contribution < -0.4 is 15.4 Å². The minimum atomic E-state index is -0.222. The first-order chi connectivity index (χ1) is 9.69. The summed E-state index contributed by atoms with van der Waals surface area (Å²) in [5, 5.41) is 15.1. The highest BCUT2D eigenvalue weighted by atomic mass is 16.5. The van der Waals surface area contributed by atoms with Gasteiger partial charge in [-0.25, -0.2) is 4.79 Å². The maximum atomic E-state index is 11.9. The molecule has 1 fully saturated rings. The fourth-order valence-electron chi connectivity index (χ4n) is 2.50. The number of benzene rings is 1. The molecule has 0 heterocycles. The summed E-state index contributed by atoms with van der Waals surface area (Å²) in [4.78, 5) is 11.9. The van der Waals surface area contributed by atoms with Gasteiger partial charge in [0.05, 0.1) is 18.9 Å². The lowest BCUT2D eigenvalue weighted by molar-refractivity contribution is 0.109. The van der Waals surface area contributed by atoms with Crippen molar-refractivity contribution in [1.82, 2.24) is 5.32 Å². The Hall–Kier alpha value is -1.75. The monoisotopic (exact) mass is 278 g/mol. The summed E-state index contributed by atoms with van der Waals surface area (Å²) in [5.41, 5.74) is 0.659. The molecule has 0 spiro atoms. The molecule has 5 heteroatoms. The molecule has 0 atom stereocenters. The van der Waals surface area contributed by atoms with Crippen LogP contribution in [-0.4, -0.2) is 30.9 Å². The van der Waals surface area contributed by atoms with Gasteiger partial charge in [-0.2, -0.15) is 0 Å². The molecule has 1 aliphatic rings. The van der Waals surface area contributed by atoms with Crippen molar-refractivity contribution >= 4 is 11.7 Å². The van der Waals surface area contributed by atoms with Crippen molar-refractivity contribution in [2.75, 3.05) is 19.0 Å². The Balaban J connectivity index is 1.78. The van der Waals surface area contributed by atoms with Gasteiger partial charge in [0.15, 0.2) is 0 Å². The molecule has 1 saturated carbocycles. The second kappa shape index (κ2) is 7.14. The maximum Gasteiger partial charge on any atom is 0.319 e. The number of anilines is 1. The van der Waals surface area contributed by atoms with E-state index in [1.165, 1.54) is 0 Å². The summed E-state index contributed by atoms with van der Waals surface area (Å²) in [5.74, 6) is 1.10. The molecule has 20 heavy (non-hydrogen) atoms. The SMILES string of the molecule is COc1ccccc1NC(=O)NCC1CCC(O)CC1. The van der Waals surface area contributed by atoms with E-state index in [1.54, 1.807) is 19.2 Å². The van der Waals surface area contributed by atoms with Gasteiger partial charge in [0, 0.05) is 6.54 Å². The van der Waals surface area contributed by atoms with E-state index in [0.717, 1.165) is 25.7 Å². The van der Waals surface area contributed by atoms with E-state index in [0.29, 0.717) is 23.9 Å². The number of hydrogen-bond acceptors (Lipinski definition) is 3. The summed E-state index contributed by atoms with van der Waals surface area (Å²) < 4.78 is 5.18. The number of amides is 2. The topological polar surface area (TPSA) is 70.6 Å². The van der Waals surface area contributed by atoms with Crippen molar-refractivity contribution in [3.8, 4) is 5.75 Å². The molecular weight excluding hydrogens is 256 g/mol. The first-order valence-electron chi connectivity index (χ1n) is 7.05. The summed E-state index contributed by atoms with van der Waals surface area (Å²) in [6.45, 7) is 0.647. The highest BCUT2D eigenvalue weighted by Crippen LogP contribution is 2.24. The number of urea groups is 1. The minimum Gasteiger partial charge on any atom is -0.495 e. The number of hydrogen-bond donors (Lipinski definition) is 3. The quantitative estimate of drug-likeness (QED) is 0.792. The van der Waals surface area contributed by atoms with Gasteiger partial charge in [-0.3, -0.25) is 0 Å². The van der Waals surface area contributed by atoms with Gasteiger partial charge < -0.3 is 20.5 Å². The van der Waals surface area contributed by atoms with Gasteiger partial charge in [-0.15, -0.1) is 0 Å². The first kappa shape index (κ1) is 14.7. The zero-order chi connectivity index (χ0) is 14.4. The second-order valence-corrected chi connectivity index (χ2v) is 5.21. The van der Waals surface area contributed by atoms with E-state index in [2.05, 4.69) is 10.6 Å². The highest BCUT2D eigenvalue weighted by Gasteiger charge is 2.19. The number of nitrogens with one attached hydrogen (secondary N) is 2. The standard InChI is InChI=1S/C15H22N2O3/c1-20-14-5-3-2-4-13(14)17-15(19)16-10-11-6-8-12(18)9-7-11/h2-5,11-12,18H,6-10H2,1H3,(H2,16,17,19). The third kappa shape index (κ3) is 4.13. The number of aliphatic hydroxyl groups is 1. The van der Waals surface area contributed by atoms with Crippen molar-refractivity contribution in [3.05, 3.63) is 24.3 Å². The maximum absolute atomic E-state index is 11.9. The van der Waals surface area contributed by atoms with Crippen molar-refractivity contribution in [3.63, 3.8) is 0 Å². The third-order valence-corrected chi connectivity index (χ3v) is 3.72. The van der Waals surface area contributed by atoms with Crippen molar-refractivity contribution in [1.29, 1.82) is 0 Å². The smallest absolute Gasteiger partial charge is 0.319 e. The van der Waals surface area contributed by atoms with E-state index >= 15 is 0 Å². The Morgan fingerprint density at radius 1 is 1.30 bits per heavy atom.